The predicted octanol–water partition coefficient (Wildman–Crippen LogP) is 1.50. The van der Waals surface area contributed by atoms with Crippen LogP contribution < -0.4 is 5.73 Å². The van der Waals surface area contributed by atoms with Crippen molar-refractivity contribution >= 4 is 15.7 Å². The van der Waals surface area contributed by atoms with Crippen molar-refractivity contribution in [3.8, 4) is 0 Å². The first-order valence-electron chi connectivity index (χ1n) is 6.43. The maximum Gasteiger partial charge on any atom is 0.243 e. The molecular formula is C13H21FN2O3S. The molecule has 0 saturated carbocycles. The minimum atomic E-state index is -3.75. The maximum absolute atomic E-state index is 13.6. The summed E-state index contributed by atoms with van der Waals surface area (Å²) < 4.78 is 39.5. The lowest BCUT2D eigenvalue weighted by molar-refractivity contribution is 0.281. The van der Waals surface area contributed by atoms with Gasteiger partial charge in [0, 0.05) is 31.5 Å². The zero-order valence-corrected chi connectivity index (χ0v) is 12.6. The van der Waals surface area contributed by atoms with Crippen molar-refractivity contribution in [2.24, 2.45) is 0 Å². The first-order valence-corrected chi connectivity index (χ1v) is 7.87. The van der Waals surface area contributed by atoms with Crippen molar-refractivity contribution in [1.29, 1.82) is 0 Å². The third kappa shape index (κ3) is 3.91. The topological polar surface area (TPSA) is 83.6 Å². The van der Waals surface area contributed by atoms with Crippen molar-refractivity contribution < 1.29 is 17.9 Å². The Morgan fingerprint density at radius 1 is 1.30 bits per heavy atom. The van der Waals surface area contributed by atoms with Crippen LogP contribution in [0.5, 0.6) is 0 Å². The Hall–Kier alpha value is -1.18. The van der Waals surface area contributed by atoms with Gasteiger partial charge in [-0.05, 0) is 38.3 Å². The number of benzene rings is 1. The maximum atomic E-state index is 13.6. The summed E-state index contributed by atoms with van der Waals surface area (Å²) in [4.78, 5) is -0.0975. The Bertz CT molecular complexity index is 561. The van der Waals surface area contributed by atoms with Crippen LogP contribution in [0.15, 0.2) is 17.0 Å². The van der Waals surface area contributed by atoms with Gasteiger partial charge in [0.25, 0.3) is 0 Å². The number of halogens is 1. The largest absolute Gasteiger partial charge is 0.399 e. The second-order valence-electron chi connectivity index (χ2n) is 4.74. The predicted molar refractivity (Wildman–Crippen MR) is 76.3 cm³/mol. The molecule has 5 nitrogen and oxygen atoms in total. The fraction of sp³-hybridized carbons (Fsp3) is 0.538. The van der Waals surface area contributed by atoms with E-state index in [1.54, 1.807) is 0 Å². The summed E-state index contributed by atoms with van der Waals surface area (Å²) >= 11 is 0. The summed E-state index contributed by atoms with van der Waals surface area (Å²) in [5, 5.41) is 8.68. The average Bonchev–Trinajstić information content (AvgIpc) is 2.38. The number of nitrogen functional groups attached to an aromatic ring is 1. The number of sulfonamides is 1. The number of rotatable bonds is 7. The van der Waals surface area contributed by atoms with Gasteiger partial charge in [-0.25, -0.2) is 17.1 Å². The van der Waals surface area contributed by atoms with Crippen molar-refractivity contribution in [3.05, 3.63) is 23.5 Å². The van der Waals surface area contributed by atoms with Gasteiger partial charge in [-0.1, -0.05) is 0 Å². The molecule has 0 bridgehead atoms. The van der Waals surface area contributed by atoms with E-state index in [0.29, 0.717) is 19.4 Å². The van der Waals surface area contributed by atoms with Gasteiger partial charge >= 0.3 is 0 Å². The summed E-state index contributed by atoms with van der Waals surface area (Å²) in [6.45, 7) is 1.83. The van der Waals surface area contributed by atoms with Crippen LogP contribution in [-0.2, 0) is 10.0 Å². The van der Waals surface area contributed by atoms with E-state index in [9.17, 15) is 12.8 Å². The highest BCUT2D eigenvalue weighted by molar-refractivity contribution is 7.89. The van der Waals surface area contributed by atoms with Crippen molar-refractivity contribution in [1.82, 2.24) is 4.31 Å². The molecule has 114 valence electrons. The van der Waals surface area contributed by atoms with Crippen LogP contribution in [0, 0.1) is 12.7 Å². The van der Waals surface area contributed by atoms with E-state index in [1.807, 2.05) is 0 Å². The van der Waals surface area contributed by atoms with Crippen LogP contribution in [0.4, 0.5) is 10.1 Å². The Morgan fingerprint density at radius 3 is 2.55 bits per heavy atom. The molecule has 0 atom stereocenters. The zero-order valence-electron chi connectivity index (χ0n) is 11.8. The molecule has 1 aromatic rings. The van der Waals surface area contributed by atoms with Gasteiger partial charge in [0.15, 0.2) is 0 Å². The van der Waals surface area contributed by atoms with E-state index < -0.39 is 15.8 Å². The number of nitrogens with zero attached hydrogens (tertiary/aromatic N) is 1. The molecule has 20 heavy (non-hydrogen) atoms. The number of unbranched alkanes of at least 4 members (excludes halogenated alkanes) is 2. The molecule has 0 amide bonds. The number of aliphatic hydroxyl groups excluding tert-OH is 1. The molecule has 0 aliphatic carbocycles. The Balaban J connectivity index is 2.93. The number of hydrogen-bond acceptors (Lipinski definition) is 4. The molecule has 3 N–H and O–H groups in total. The van der Waals surface area contributed by atoms with Gasteiger partial charge in [-0.2, -0.15) is 0 Å². The molecule has 7 heteroatoms. The molecule has 1 rings (SSSR count). The minimum Gasteiger partial charge on any atom is -0.399 e. The summed E-state index contributed by atoms with van der Waals surface area (Å²) in [5.74, 6) is -0.628. The SMILES string of the molecule is Cc1c(F)cc(N)cc1S(=O)(=O)N(C)CCCCCO. The lowest BCUT2D eigenvalue weighted by Crippen LogP contribution is -2.29. The fourth-order valence-electron chi connectivity index (χ4n) is 1.85. The summed E-state index contributed by atoms with van der Waals surface area (Å²) in [6.07, 6.45) is 2.01. The molecule has 0 fully saturated rings. The highest BCUT2D eigenvalue weighted by atomic mass is 32.2. The van der Waals surface area contributed by atoms with Crippen LogP contribution in [0.25, 0.3) is 0 Å². The molecule has 0 aromatic heterocycles. The van der Waals surface area contributed by atoms with Crippen molar-refractivity contribution in [2.75, 3.05) is 25.9 Å². The van der Waals surface area contributed by atoms with E-state index in [4.69, 9.17) is 10.8 Å². The van der Waals surface area contributed by atoms with E-state index in [-0.39, 0.29) is 22.8 Å². The normalized spacial score (nSPS) is 12.1. The highest BCUT2D eigenvalue weighted by Gasteiger charge is 2.24. The van der Waals surface area contributed by atoms with Gasteiger partial charge < -0.3 is 10.8 Å². The first-order chi connectivity index (χ1) is 9.30. The molecule has 0 saturated heterocycles. The Morgan fingerprint density at radius 2 is 1.95 bits per heavy atom. The van der Waals surface area contributed by atoms with Crippen LogP contribution in [0.3, 0.4) is 0 Å². The summed E-state index contributed by atoms with van der Waals surface area (Å²) in [5.41, 5.74) is 5.67. The van der Waals surface area contributed by atoms with E-state index in [0.717, 1.165) is 12.5 Å². The molecule has 0 heterocycles. The molecular weight excluding hydrogens is 283 g/mol. The number of anilines is 1. The van der Waals surface area contributed by atoms with Gasteiger partial charge in [-0.15, -0.1) is 0 Å². The minimum absolute atomic E-state index is 0.0707. The van der Waals surface area contributed by atoms with Crippen LogP contribution in [0.2, 0.25) is 0 Å². The van der Waals surface area contributed by atoms with Gasteiger partial charge in [0.05, 0.1) is 4.90 Å². The molecule has 0 spiro atoms. The van der Waals surface area contributed by atoms with Crippen molar-refractivity contribution in [3.63, 3.8) is 0 Å². The van der Waals surface area contributed by atoms with E-state index in [1.165, 1.54) is 24.3 Å². The smallest absolute Gasteiger partial charge is 0.243 e. The summed E-state index contributed by atoms with van der Waals surface area (Å²) in [7, 11) is -2.30. The monoisotopic (exact) mass is 304 g/mol. The third-order valence-corrected chi connectivity index (χ3v) is 5.12. The Kier molecular flexibility index (Phi) is 5.91. The summed E-state index contributed by atoms with van der Waals surface area (Å²) in [6, 6.07) is 2.38. The first kappa shape index (κ1) is 16.9. The standard InChI is InChI=1S/C13H21FN2O3S/c1-10-12(14)8-11(15)9-13(10)20(18,19)16(2)6-4-3-5-7-17/h8-9,17H,3-7,15H2,1-2H3. The third-order valence-electron chi connectivity index (χ3n) is 3.14. The van der Waals surface area contributed by atoms with Gasteiger partial charge in [-0.3, -0.25) is 0 Å². The van der Waals surface area contributed by atoms with Gasteiger partial charge in [0.1, 0.15) is 5.82 Å². The average molecular weight is 304 g/mol. The number of aliphatic hydroxyl groups is 1. The molecule has 0 aliphatic rings. The van der Waals surface area contributed by atoms with E-state index in [2.05, 4.69) is 0 Å². The number of nitrogens with two attached hydrogens (primary N) is 1. The second kappa shape index (κ2) is 7.01. The van der Waals surface area contributed by atoms with Crippen LogP contribution >= 0.6 is 0 Å². The molecule has 0 aliphatic heterocycles. The zero-order chi connectivity index (χ0) is 15.3. The highest BCUT2D eigenvalue weighted by Crippen LogP contribution is 2.24. The lowest BCUT2D eigenvalue weighted by atomic mass is 10.2. The Labute approximate surface area is 119 Å². The number of hydrogen-bond donors (Lipinski definition) is 2. The van der Waals surface area contributed by atoms with Crippen LogP contribution in [-0.4, -0.2) is 38.0 Å². The molecule has 0 radical (unpaired) electrons. The van der Waals surface area contributed by atoms with Gasteiger partial charge in [0.2, 0.25) is 10.0 Å². The van der Waals surface area contributed by atoms with E-state index >= 15 is 0 Å². The lowest BCUT2D eigenvalue weighted by Gasteiger charge is -2.19. The fourth-order valence-corrected chi connectivity index (χ4v) is 3.33. The molecule has 1 aromatic carbocycles. The quantitative estimate of drug-likeness (QED) is 0.590. The molecule has 0 unspecified atom stereocenters. The van der Waals surface area contributed by atoms with Crippen molar-refractivity contribution in [2.45, 2.75) is 31.1 Å². The van der Waals surface area contributed by atoms with Crippen LogP contribution in [0.1, 0.15) is 24.8 Å². The second-order valence-corrected chi connectivity index (χ2v) is 6.75.